The molecule has 7 heteroatoms. The summed E-state index contributed by atoms with van der Waals surface area (Å²) in [6, 6.07) is 23.0. The number of aromatic nitrogens is 1. The highest BCUT2D eigenvalue weighted by atomic mass is 32.2. The van der Waals surface area contributed by atoms with Crippen molar-refractivity contribution in [3.63, 3.8) is 0 Å². The quantitative estimate of drug-likeness (QED) is 0.119. The summed E-state index contributed by atoms with van der Waals surface area (Å²) < 4.78 is 44.7. The van der Waals surface area contributed by atoms with Crippen LogP contribution < -0.4 is 9.47 Å². The van der Waals surface area contributed by atoms with Crippen LogP contribution in [0.5, 0.6) is 11.5 Å². The molecule has 3 aromatic carbocycles. The van der Waals surface area contributed by atoms with E-state index in [1.807, 2.05) is 36.4 Å². The van der Waals surface area contributed by atoms with Crippen molar-refractivity contribution in [3.8, 4) is 11.5 Å². The van der Waals surface area contributed by atoms with Crippen LogP contribution in [0.4, 0.5) is 0 Å². The Morgan fingerprint density at radius 2 is 1.44 bits per heavy atom. The van der Waals surface area contributed by atoms with Gasteiger partial charge in [0, 0.05) is 29.8 Å². The van der Waals surface area contributed by atoms with Gasteiger partial charge in [-0.3, -0.25) is 0 Å². The highest BCUT2D eigenvalue weighted by molar-refractivity contribution is 7.89. The first-order valence-electron chi connectivity index (χ1n) is 14.3. The largest absolute Gasteiger partial charge is 0.497 e. The number of hydrogen-bond donors (Lipinski definition) is 0. The Balaban J connectivity index is 1.26. The molecule has 0 spiro atoms. The fourth-order valence-electron chi connectivity index (χ4n) is 4.84. The summed E-state index contributed by atoms with van der Waals surface area (Å²) in [4.78, 5) is 0. The Labute approximate surface area is 244 Å². The Kier molecular flexibility index (Phi) is 11.5. The van der Waals surface area contributed by atoms with Crippen LogP contribution in [0.25, 0.3) is 17.0 Å². The van der Waals surface area contributed by atoms with Crippen LogP contribution in [-0.2, 0) is 27.1 Å². The van der Waals surface area contributed by atoms with E-state index in [-0.39, 0.29) is 5.75 Å². The van der Waals surface area contributed by atoms with Gasteiger partial charge in [0.1, 0.15) is 11.5 Å². The maximum atomic E-state index is 13.5. The van der Waals surface area contributed by atoms with Gasteiger partial charge in [0.25, 0.3) is 0 Å². The summed E-state index contributed by atoms with van der Waals surface area (Å²) in [5.74, 6) is 1.20. The summed E-state index contributed by atoms with van der Waals surface area (Å²) in [6.07, 6.45) is 13.9. The van der Waals surface area contributed by atoms with Crippen LogP contribution in [0.2, 0.25) is 0 Å². The number of allylic oxidation sites excluding steroid dienone is 1. The highest BCUT2D eigenvalue weighted by Crippen LogP contribution is 2.29. The van der Waals surface area contributed by atoms with Crippen LogP contribution in [0.3, 0.4) is 0 Å². The van der Waals surface area contributed by atoms with Gasteiger partial charge < -0.3 is 14.2 Å². The first-order chi connectivity index (χ1) is 20.0. The molecule has 0 unspecified atom stereocenters. The van der Waals surface area contributed by atoms with Gasteiger partial charge in [0.2, 0.25) is 10.0 Å². The first kappa shape index (κ1) is 30.4. The number of unbranched alkanes of at least 4 members (excludes halogenated alkanes) is 6. The van der Waals surface area contributed by atoms with Crippen molar-refractivity contribution < 1.29 is 22.6 Å². The molecule has 218 valence electrons. The third kappa shape index (κ3) is 8.97. The van der Waals surface area contributed by atoms with Gasteiger partial charge in [-0.05, 0) is 54.7 Å². The lowest BCUT2D eigenvalue weighted by atomic mass is 10.1. The number of benzene rings is 3. The summed E-state index contributed by atoms with van der Waals surface area (Å²) in [6.45, 7) is 1.50. The zero-order valence-corrected chi connectivity index (χ0v) is 24.9. The lowest BCUT2D eigenvalue weighted by molar-refractivity contribution is 0.116. The smallest absolute Gasteiger partial charge is 0.243 e. The lowest BCUT2D eigenvalue weighted by Crippen LogP contribution is -2.14. The molecule has 0 aliphatic heterocycles. The average molecular weight is 576 g/mol. The van der Waals surface area contributed by atoms with Crippen LogP contribution in [0.15, 0.2) is 85.1 Å². The third-order valence-corrected chi connectivity index (χ3v) is 8.74. The monoisotopic (exact) mass is 575 g/mol. The maximum Gasteiger partial charge on any atom is 0.243 e. The van der Waals surface area contributed by atoms with E-state index in [2.05, 4.69) is 18.2 Å². The second-order valence-corrected chi connectivity index (χ2v) is 12.1. The normalized spacial score (nSPS) is 11.9. The number of methoxy groups -OCH3 is 2. The number of ether oxygens (including phenoxy) is 3. The molecule has 0 saturated heterocycles. The molecule has 0 bridgehead atoms. The molecule has 0 fully saturated rings. The number of rotatable bonds is 17. The molecule has 0 N–H and O–H groups in total. The van der Waals surface area contributed by atoms with Gasteiger partial charge in [-0.2, -0.15) is 0 Å². The zero-order chi connectivity index (χ0) is 28.9. The van der Waals surface area contributed by atoms with E-state index in [1.54, 1.807) is 50.7 Å². The minimum Gasteiger partial charge on any atom is -0.497 e. The second-order valence-electron chi connectivity index (χ2n) is 10.2. The summed E-state index contributed by atoms with van der Waals surface area (Å²) >= 11 is 0. The Morgan fingerprint density at radius 1 is 0.756 bits per heavy atom. The Hall–Kier alpha value is -3.55. The van der Waals surface area contributed by atoms with E-state index in [0.29, 0.717) is 29.2 Å². The van der Waals surface area contributed by atoms with Crippen molar-refractivity contribution in [1.29, 1.82) is 0 Å². The van der Waals surface area contributed by atoms with Crippen molar-refractivity contribution in [2.45, 2.75) is 57.3 Å². The lowest BCUT2D eigenvalue weighted by Gasteiger charge is -2.09. The van der Waals surface area contributed by atoms with Gasteiger partial charge in [0.05, 0.1) is 32.1 Å². The molecule has 0 aliphatic rings. The standard InChI is InChI=1S/C34H41NO5S/c1-38-31-19-17-29(18-20-31)27-41(36,37)35-25-30(33-22-21-32(39-2)24-34(33)35)16-12-7-5-3-4-6-8-13-23-40-26-28-14-10-9-11-15-28/h9-12,14-22,24-25H,3-8,13,23,26-27H2,1-2H3. The number of hydrogen-bond acceptors (Lipinski definition) is 5. The van der Waals surface area contributed by atoms with Crippen LogP contribution in [-0.4, -0.2) is 33.2 Å². The van der Waals surface area contributed by atoms with Crippen molar-refractivity contribution in [2.75, 3.05) is 20.8 Å². The molecule has 0 atom stereocenters. The molecule has 0 amide bonds. The molecule has 0 aliphatic carbocycles. The first-order valence-corrected chi connectivity index (χ1v) is 15.9. The Bertz CT molecular complexity index is 1490. The maximum absolute atomic E-state index is 13.5. The minimum absolute atomic E-state index is 0.111. The fourth-order valence-corrected chi connectivity index (χ4v) is 6.32. The molecular formula is C34H41NO5S. The van der Waals surface area contributed by atoms with Gasteiger partial charge in [-0.25, -0.2) is 12.4 Å². The second kappa shape index (κ2) is 15.5. The topological polar surface area (TPSA) is 66.8 Å². The van der Waals surface area contributed by atoms with Crippen LogP contribution in [0.1, 0.15) is 61.6 Å². The molecule has 6 nitrogen and oxygen atoms in total. The fraction of sp³-hybridized carbons (Fsp3) is 0.353. The molecule has 0 saturated carbocycles. The highest BCUT2D eigenvalue weighted by Gasteiger charge is 2.19. The summed E-state index contributed by atoms with van der Waals surface area (Å²) in [5, 5.41) is 0.884. The molecule has 1 heterocycles. The van der Waals surface area contributed by atoms with Crippen LogP contribution >= 0.6 is 0 Å². The van der Waals surface area contributed by atoms with Crippen molar-refractivity contribution in [1.82, 2.24) is 3.97 Å². The minimum atomic E-state index is -3.65. The molecule has 41 heavy (non-hydrogen) atoms. The molecule has 4 aromatic rings. The van der Waals surface area contributed by atoms with E-state index < -0.39 is 10.0 Å². The number of fused-ring (bicyclic) bond motifs is 1. The van der Waals surface area contributed by atoms with Crippen molar-refractivity contribution in [2.24, 2.45) is 0 Å². The summed E-state index contributed by atoms with van der Waals surface area (Å²) in [5.41, 5.74) is 3.43. The summed E-state index contributed by atoms with van der Waals surface area (Å²) in [7, 11) is -0.481. The van der Waals surface area contributed by atoms with Gasteiger partial charge >= 0.3 is 0 Å². The van der Waals surface area contributed by atoms with E-state index in [0.717, 1.165) is 36.8 Å². The van der Waals surface area contributed by atoms with Crippen molar-refractivity contribution in [3.05, 3.63) is 102 Å². The van der Waals surface area contributed by atoms with Gasteiger partial charge in [-0.1, -0.05) is 80.3 Å². The Morgan fingerprint density at radius 3 is 2.17 bits per heavy atom. The predicted octanol–water partition coefficient (Wildman–Crippen LogP) is 8.00. The van der Waals surface area contributed by atoms with E-state index in [4.69, 9.17) is 14.2 Å². The molecule has 0 radical (unpaired) electrons. The predicted molar refractivity (Wildman–Crippen MR) is 167 cm³/mol. The molecular weight excluding hydrogens is 534 g/mol. The molecule has 4 rings (SSSR count). The SMILES string of the molecule is COc1ccc(CS(=O)(=O)n2cc(C=CCCCCCCCCOCc3ccccc3)c3ccc(OC)cc32)cc1. The van der Waals surface area contributed by atoms with Crippen LogP contribution in [0, 0.1) is 0 Å². The average Bonchev–Trinajstić information content (AvgIpc) is 3.37. The number of nitrogens with zero attached hydrogens (tertiary/aromatic N) is 1. The van der Waals surface area contributed by atoms with Gasteiger partial charge in [-0.15, -0.1) is 0 Å². The van der Waals surface area contributed by atoms with E-state index in [9.17, 15) is 8.42 Å². The molecule has 1 aromatic heterocycles. The third-order valence-electron chi connectivity index (χ3n) is 7.14. The van der Waals surface area contributed by atoms with Crippen molar-refractivity contribution >= 4 is 27.0 Å². The van der Waals surface area contributed by atoms with E-state index >= 15 is 0 Å². The van der Waals surface area contributed by atoms with E-state index in [1.165, 1.54) is 35.2 Å². The zero-order valence-electron chi connectivity index (χ0n) is 24.1. The van der Waals surface area contributed by atoms with Gasteiger partial charge in [0.15, 0.2) is 0 Å².